The summed E-state index contributed by atoms with van der Waals surface area (Å²) >= 11 is 0. The molecule has 2 nitrogen and oxygen atoms in total. The molecular weight excluding hydrogens is 104 g/mol. The average Bonchev–Trinajstić information content (AvgIpc) is 1.59. The van der Waals surface area contributed by atoms with Crippen molar-refractivity contribution in [2.24, 2.45) is 0 Å². The lowest BCUT2D eigenvalue weighted by molar-refractivity contribution is -0.148. The Morgan fingerprint density at radius 3 is 2.25 bits per heavy atom. The Bertz CT molecular complexity index is 71.1. The quantitative estimate of drug-likeness (QED) is 0.420. The number of hydrogen-bond acceptors (Lipinski definition) is 2. The third kappa shape index (κ3) is 5.66. The second-order valence-corrected chi connectivity index (χ2v) is 2.04. The molecule has 0 aromatic carbocycles. The Morgan fingerprint density at radius 2 is 2.12 bits per heavy atom. The summed E-state index contributed by atoms with van der Waals surface area (Å²) in [4.78, 5) is 0. The molecule has 0 saturated heterocycles. The first-order valence-corrected chi connectivity index (χ1v) is 2.62. The first kappa shape index (κ1) is 7.66. The van der Waals surface area contributed by atoms with Gasteiger partial charge in [0.05, 0.1) is 0 Å². The van der Waals surface area contributed by atoms with Gasteiger partial charge in [0.2, 0.25) is 0 Å². The van der Waals surface area contributed by atoms with Crippen LogP contribution in [0.4, 0.5) is 0 Å². The molecule has 0 aromatic heterocycles. The molecule has 2 N–H and O–H groups in total. The molecule has 0 amide bonds. The van der Waals surface area contributed by atoms with Crippen LogP contribution in [0.2, 0.25) is 0 Å². The number of aliphatic hydroxyl groups is 2. The average molecular weight is 116 g/mol. The van der Waals surface area contributed by atoms with Gasteiger partial charge in [-0.3, -0.25) is 0 Å². The summed E-state index contributed by atoms with van der Waals surface area (Å²) in [7, 11) is 0. The fourth-order valence-electron chi connectivity index (χ4n) is 0.375. The van der Waals surface area contributed by atoms with Crippen LogP contribution in [0.3, 0.4) is 0 Å². The number of allylic oxidation sites excluding steroid dienone is 1. The summed E-state index contributed by atoms with van der Waals surface area (Å²) in [5, 5.41) is 17.3. The van der Waals surface area contributed by atoms with Gasteiger partial charge in [-0.2, -0.15) is 0 Å². The number of hydrogen-bond donors (Lipinski definition) is 2. The van der Waals surface area contributed by atoms with Crippen molar-refractivity contribution in [3.63, 3.8) is 0 Å². The van der Waals surface area contributed by atoms with Crippen LogP contribution >= 0.6 is 0 Å². The summed E-state index contributed by atoms with van der Waals surface area (Å²) < 4.78 is 0. The summed E-state index contributed by atoms with van der Waals surface area (Å²) in [6.07, 6.45) is 2.66. The lowest BCUT2D eigenvalue weighted by atomic mass is 10.2. The van der Waals surface area contributed by atoms with Crippen LogP contribution in [-0.4, -0.2) is 16.0 Å². The van der Waals surface area contributed by atoms with E-state index in [1.54, 1.807) is 6.08 Å². The predicted octanol–water partition coefficient (Wildman–Crippen LogP) is 0.653. The highest BCUT2D eigenvalue weighted by Gasteiger charge is 2.11. The largest absolute Gasteiger partial charge is 0.366 e. The first-order chi connectivity index (χ1) is 3.56. The maximum Gasteiger partial charge on any atom is 0.159 e. The lowest BCUT2D eigenvalue weighted by Crippen LogP contribution is -2.21. The summed E-state index contributed by atoms with van der Waals surface area (Å²) in [6, 6.07) is 0. The molecule has 8 heavy (non-hydrogen) atoms. The molecule has 0 bridgehead atoms. The second kappa shape index (κ2) is 2.84. The molecule has 0 heterocycles. The van der Waals surface area contributed by atoms with Crippen molar-refractivity contribution in [3.8, 4) is 0 Å². The minimum Gasteiger partial charge on any atom is -0.366 e. The van der Waals surface area contributed by atoms with Crippen molar-refractivity contribution in [3.05, 3.63) is 12.7 Å². The van der Waals surface area contributed by atoms with E-state index in [0.717, 1.165) is 0 Å². The van der Waals surface area contributed by atoms with Crippen LogP contribution in [0.25, 0.3) is 0 Å². The third-order valence-corrected chi connectivity index (χ3v) is 0.822. The maximum atomic E-state index is 8.66. The minimum atomic E-state index is -1.52. The summed E-state index contributed by atoms with van der Waals surface area (Å²) in [6.45, 7) is 4.80. The molecule has 0 aromatic rings. The van der Waals surface area contributed by atoms with Gasteiger partial charge in [0, 0.05) is 6.42 Å². The van der Waals surface area contributed by atoms with E-state index in [2.05, 4.69) is 6.58 Å². The van der Waals surface area contributed by atoms with Gasteiger partial charge in [0.1, 0.15) is 0 Å². The van der Waals surface area contributed by atoms with E-state index in [-0.39, 0.29) is 0 Å². The summed E-state index contributed by atoms with van der Waals surface area (Å²) in [5.41, 5.74) is 0. The van der Waals surface area contributed by atoms with Gasteiger partial charge in [0.15, 0.2) is 5.79 Å². The smallest absolute Gasteiger partial charge is 0.159 e. The monoisotopic (exact) mass is 116 g/mol. The Hall–Kier alpha value is -0.340. The van der Waals surface area contributed by atoms with Crippen LogP contribution in [0.1, 0.15) is 19.8 Å². The Labute approximate surface area is 49.5 Å². The van der Waals surface area contributed by atoms with E-state index < -0.39 is 5.79 Å². The second-order valence-electron chi connectivity index (χ2n) is 2.04. The molecule has 0 aliphatic carbocycles. The van der Waals surface area contributed by atoms with E-state index in [4.69, 9.17) is 10.2 Å². The van der Waals surface area contributed by atoms with Crippen molar-refractivity contribution < 1.29 is 10.2 Å². The first-order valence-electron chi connectivity index (χ1n) is 2.62. The number of rotatable bonds is 3. The maximum absolute atomic E-state index is 8.66. The molecule has 2 heteroatoms. The van der Waals surface area contributed by atoms with Crippen LogP contribution < -0.4 is 0 Å². The molecule has 0 saturated carbocycles. The Morgan fingerprint density at radius 1 is 1.62 bits per heavy atom. The van der Waals surface area contributed by atoms with Crippen molar-refractivity contribution in [2.75, 3.05) is 0 Å². The Kier molecular flexibility index (Phi) is 2.72. The van der Waals surface area contributed by atoms with Crippen LogP contribution in [0.5, 0.6) is 0 Å². The molecule has 48 valence electrons. The highest BCUT2D eigenvalue weighted by molar-refractivity contribution is 4.69. The van der Waals surface area contributed by atoms with Crippen molar-refractivity contribution >= 4 is 0 Å². The Balaban J connectivity index is 3.24. The van der Waals surface area contributed by atoms with Crippen LogP contribution in [-0.2, 0) is 0 Å². The van der Waals surface area contributed by atoms with Gasteiger partial charge >= 0.3 is 0 Å². The standard InChI is InChI=1S/C6H12O2/c1-3-4-5-6(2,7)8/h3,7-8H,1,4-5H2,2H3. The van der Waals surface area contributed by atoms with Crippen molar-refractivity contribution in [2.45, 2.75) is 25.6 Å². The fourth-order valence-corrected chi connectivity index (χ4v) is 0.375. The molecule has 0 spiro atoms. The van der Waals surface area contributed by atoms with Gasteiger partial charge in [-0.25, -0.2) is 0 Å². The molecule has 0 fully saturated rings. The van der Waals surface area contributed by atoms with Gasteiger partial charge in [-0.1, -0.05) is 6.08 Å². The van der Waals surface area contributed by atoms with E-state index >= 15 is 0 Å². The van der Waals surface area contributed by atoms with Gasteiger partial charge in [0.25, 0.3) is 0 Å². The van der Waals surface area contributed by atoms with Crippen molar-refractivity contribution in [1.29, 1.82) is 0 Å². The highest BCUT2D eigenvalue weighted by atomic mass is 16.5. The van der Waals surface area contributed by atoms with E-state index in [1.807, 2.05) is 0 Å². The normalized spacial score (nSPS) is 11.4. The highest BCUT2D eigenvalue weighted by Crippen LogP contribution is 2.06. The van der Waals surface area contributed by atoms with E-state index in [0.29, 0.717) is 12.8 Å². The zero-order valence-electron chi connectivity index (χ0n) is 5.09. The van der Waals surface area contributed by atoms with Gasteiger partial charge in [-0.05, 0) is 13.3 Å². The molecular formula is C6H12O2. The van der Waals surface area contributed by atoms with E-state index in [1.165, 1.54) is 6.92 Å². The molecule has 0 aliphatic rings. The minimum absolute atomic E-state index is 0.358. The van der Waals surface area contributed by atoms with E-state index in [9.17, 15) is 0 Å². The van der Waals surface area contributed by atoms with Crippen LogP contribution in [0, 0.1) is 0 Å². The van der Waals surface area contributed by atoms with Crippen LogP contribution in [0.15, 0.2) is 12.7 Å². The third-order valence-electron chi connectivity index (χ3n) is 0.822. The topological polar surface area (TPSA) is 40.5 Å². The molecule has 0 aliphatic heterocycles. The molecule has 0 radical (unpaired) electrons. The molecule has 0 rings (SSSR count). The van der Waals surface area contributed by atoms with Gasteiger partial charge < -0.3 is 10.2 Å². The van der Waals surface area contributed by atoms with Gasteiger partial charge in [-0.15, -0.1) is 6.58 Å². The lowest BCUT2D eigenvalue weighted by Gasteiger charge is -2.12. The van der Waals surface area contributed by atoms with Crippen molar-refractivity contribution in [1.82, 2.24) is 0 Å². The zero-order valence-corrected chi connectivity index (χ0v) is 5.09. The SMILES string of the molecule is C=CCCC(C)(O)O. The zero-order chi connectivity index (χ0) is 6.62. The summed E-state index contributed by atoms with van der Waals surface area (Å²) in [5.74, 6) is -1.52. The predicted molar refractivity (Wildman–Crippen MR) is 32.3 cm³/mol. The molecule has 0 unspecified atom stereocenters. The molecule has 0 atom stereocenters. The fraction of sp³-hybridized carbons (Fsp3) is 0.667.